The number of anilines is 1. The van der Waals surface area contributed by atoms with Crippen LogP contribution in [0.1, 0.15) is 25.0 Å². The number of aromatic nitrogens is 1. The van der Waals surface area contributed by atoms with Crippen molar-refractivity contribution < 1.29 is 9.53 Å². The lowest BCUT2D eigenvalue weighted by Crippen LogP contribution is -2.17. The van der Waals surface area contributed by atoms with E-state index in [1.54, 1.807) is 6.20 Å². The summed E-state index contributed by atoms with van der Waals surface area (Å²) < 4.78 is 5.75. The maximum atomic E-state index is 12.5. The van der Waals surface area contributed by atoms with Crippen molar-refractivity contribution in [2.45, 2.75) is 19.4 Å². The molecular formula is C20H20N2O2. The molecule has 0 radical (unpaired) electrons. The van der Waals surface area contributed by atoms with E-state index in [1.165, 1.54) is 0 Å². The second kappa shape index (κ2) is 7.70. The number of fused-ring (bicyclic) bond motifs is 1. The Balaban J connectivity index is 1.76. The van der Waals surface area contributed by atoms with Gasteiger partial charge in [-0.1, -0.05) is 48.5 Å². The Morgan fingerprint density at radius 3 is 2.67 bits per heavy atom. The zero-order valence-electron chi connectivity index (χ0n) is 13.6. The first-order valence-corrected chi connectivity index (χ1v) is 8.08. The molecule has 4 nitrogen and oxygen atoms in total. The summed E-state index contributed by atoms with van der Waals surface area (Å²) in [4.78, 5) is 16.9. The molecule has 1 aromatic heterocycles. The van der Waals surface area contributed by atoms with Crippen molar-refractivity contribution in [3.8, 4) is 0 Å². The van der Waals surface area contributed by atoms with Crippen LogP contribution in [-0.4, -0.2) is 17.5 Å². The highest BCUT2D eigenvalue weighted by Gasteiger charge is 2.17. The van der Waals surface area contributed by atoms with Crippen LogP contribution >= 0.6 is 0 Å². The van der Waals surface area contributed by atoms with E-state index in [0.29, 0.717) is 6.61 Å². The number of carbonyl (C=O) groups is 1. The van der Waals surface area contributed by atoms with E-state index < -0.39 is 0 Å². The molecule has 0 aliphatic heterocycles. The molecular weight excluding hydrogens is 300 g/mol. The fraction of sp³-hybridized carbons (Fsp3) is 0.200. The highest BCUT2D eigenvalue weighted by molar-refractivity contribution is 6.00. The van der Waals surface area contributed by atoms with Gasteiger partial charge in [-0.05, 0) is 24.6 Å². The standard InChI is InChI=1S/C20H20N2O2/c1-2-24-18(15-8-4-3-5-9-15)14-19(23)22-17-12-6-10-16-11-7-13-21-20(16)17/h3-13,18H,2,14H2,1H3,(H,22,23). The van der Waals surface area contributed by atoms with Crippen molar-refractivity contribution in [1.29, 1.82) is 0 Å². The third-order valence-electron chi connectivity index (χ3n) is 3.82. The van der Waals surface area contributed by atoms with Crippen molar-refractivity contribution in [2.75, 3.05) is 11.9 Å². The van der Waals surface area contributed by atoms with Gasteiger partial charge in [0.15, 0.2) is 0 Å². The molecule has 122 valence electrons. The van der Waals surface area contributed by atoms with Crippen molar-refractivity contribution in [2.24, 2.45) is 0 Å². The number of pyridine rings is 1. The van der Waals surface area contributed by atoms with Gasteiger partial charge in [-0.25, -0.2) is 0 Å². The SMILES string of the molecule is CCOC(CC(=O)Nc1cccc2cccnc12)c1ccccc1. The summed E-state index contributed by atoms with van der Waals surface area (Å²) in [5.74, 6) is -0.0875. The fourth-order valence-corrected chi connectivity index (χ4v) is 2.72. The topological polar surface area (TPSA) is 51.2 Å². The third kappa shape index (κ3) is 3.78. The van der Waals surface area contributed by atoms with Gasteiger partial charge in [0.05, 0.1) is 23.7 Å². The van der Waals surface area contributed by atoms with Gasteiger partial charge in [-0.3, -0.25) is 9.78 Å². The molecule has 4 heteroatoms. The zero-order chi connectivity index (χ0) is 16.8. The molecule has 1 heterocycles. The van der Waals surface area contributed by atoms with Crippen molar-refractivity contribution >= 4 is 22.5 Å². The summed E-state index contributed by atoms with van der Waals surface area (Å²) >= 11 is 0. The average molecular weight is 320 g/mol. The van der Waals surface area contributed by atoms with Gasteiger partial charge in [-0.2, -0.15) is 0 Å². The van der Waals surface area contributed by atoms with Gasteiger partial charge in [-0.15, -0.1) is 0 Å². The van der Waals surface area contributed by atoms with Crippen LogP contribution in [0, 0.1) is 0 Å². The number of nitrogens with zero attached hydrogens (tertiary/aromatic N) is 1. The predicted molar refractivity (Wildman–Crippen MR) is 95.8 cm³/mol. The quantitative estimate of drug-likeness (QED) is 0.735. The predicted octanol–water partition coefficient (Wildman–Crippen LogP) is 4.34. The molecule has 0 bridgehead atoms. The summed E-state index contributed by atoms with van der Waals surface area (Å²) in [6.45, 7) is 2.49. The Hall–Kier alpha value is -2.72. The molecule has 0 aliphatic carbocycles. The Morgan fingerprint density at radius 1 is 1.08 bits per heavy atom. The smallest absolute Gasteiger partial charge is 0.227 e. The summed E-state index contributed by atoms with van der Waals surface area (Å²) in [6.07, 6.45) is 1.74. The van der Waals surface area contributed by atoms with Crippen molar-refractivity contribution in [3.63, 3.8) is 0 Å². The number of carbonyl (C=O) groups excluding carboxylic acids is 1. The van der Waals surface area contributed by atoms with E-state index in [4.69, 9.17) is 4.74 Å². The maximum Gasteiger partial charge on any atom is 0.227 e. The van der Waals surface area contributed by atoms with Crippen LogP contribution in [0.25, 0.3) is 10.9 Å². The first kappa shape index (κ1) is 16.1. The largest absolute Gasteiger partial charge is 0.373 e. The Morgan fingerprint density at radius 2 is 1.88 bits per heavy atom. The highest BCUT2D eigenvalue weighted by Crippen LogP contribution is 2.24. The number of amides is 1. The van der Waals surface area contributed by atoms with E-state index in [2.05, 4.69) is 10.3 Å². The van der Waals surface area contributed by atoms with Gasteiger partial charge >= 0.3 is 0 Å². The first-order valence-electron chi connectivity index (χ1n) is 8.08. The third-order valence-corrected chi connectivity index (χ3v) is 3.82. The molecule has 0 spiro atoms. The molecule has 24 heavy (non-hydrogen) atoms. The summed E-state index contributed by atoms with van der Waals surface area (Å²) in [5, 5.41) is 3.96. The molecule has 0 saturated carbocycles. The van der Waals surface area contributed by atoms with Crippen LogP contribution in [-0.2, 0) is 9.53 Å². The number of para-hydroxylation sites is 1. The minimum absolute atomic E-state index is 0.0875. The van der Waals surface area contributed by atoms with Crippen LogP contribution < -0.4 is 5.32 Å². The number of nitrogens with one attached hydrogen (secondary N) is 1. The molecule has 0 saturated heterocycles. The molecule has 0 aliphatic rings. The number of ether oxygens (including phenoxy) is 1. The monoisotopic (exact) mass is 320 g/mol. The second-order valence-electron chi connectivity index (χ2n) is 5.49. The number of benzene rings is 2. The van der Waals surface area contributed by atoms with Crippen molar-refractivity contribution in [3.05, 3.63) is 72.4 Å². The number of hydrogen-bond acceptors (Lipinski definition) is 3. The van der Waals surface area contributed by atoms with Crippen LogP contribution in [0.15, 0.2) is 66.9 Å². The molecule has 1 N–H and O–H groups in total. The van der Waals surface area contributed by atoms with E-state index in [1.807, 2.05) is 67.6 Å². The maximum absolute atomic E-state index is 12.5. The summed E-state index contributed by atoms with van der Waals surface area (Å²) in [7, 11) is 0. The van der Waals surface area contributed by atoms with Crippen LogP contribution in [0.5, 0.6) is 0 Å². The minimum atomic E-state index is -0.251. The summed E-state index contributed by atoms with van der Waals surface area (Å²) in [6, 6.07) is 19.4. The molecule has 1 unspecified atom stereocenters. The second-order valence-corrected chi connectivity index (χ2v) is 5.49. The molecule has 3 rings (SSSR count). The lowest BCUT2D eigenvalue weighted by molar-refractivity contribution is -0.119. The fourth-order valence-electron chi connectivity index (χ4n) is 2.72. The van der Waals surface area contributed by atoms with E-state index in [9.17, 15) is 4.79 Å². The van der Waals surface area contributed by atoms with Crippen LogP contribution in [0.3, 0.4) is 0 Å². The van der Waals surface area contributed by atoms with Gasteiger partial charge < -0.3 is 10.1 Å². The van der Waals surface area contributed by atoms with E-state index in [-0.39, 0.29) is 18.4 Å². The van der Waals surface area contributed by atoms with Gasteiger partial charge in [0.2, 0.25) is 5.91 Å². The van der Waals surface area contributed by atoms with Crippen LogP contribution in [0.2, 0.25) is 0 Å². The molecule has 2 aromatic carbocycles. The van der Waals surface area contributed by atoms with E-state index in [0.717, 1.165) is 22.2 Å². The summed E-state index contributed by atoms with van der Waals surface area (Å²) in [5.41, 5.74) is 2.52. The Kier molecular flexibility index (Phi) is 5.18. The Labute approximate surface area is 141 Å². The number of hydrogen-bond donors (Lipinski definition) is 1. The highest BCUT2D eigenvalue weighted by atomic mass is 16.5. The van der Waals surface area contributed by atoms with Crippen LogP contribution in [0.4, 0.5) is 5.69 Å². The number of rotatable bonds is 6. The van der Waals surface area contributed by atoms with Gasteiger partial charge in [0, 0.05) is 18.2 Å². The van der Waals surface area contributed by atoms with Crippen molar-refractivity contribution in [1.82, 2.24) is 4.98 Å². The lowest BCUT2D eigenvalue weighted by Gasteiger charge is -2.17. The Bertz CT molecular complexity index is 813. The molecule has 1 amide bonds. The van der Waals surface area contributed by atoms with Gasteiger partial charge in [0.1, 0.15) is 0 Å². The molecule has 1 atom stereocenters. The molecule has 0 fully saturated rings. The van der Waals surface area contributed by atoms with Gasteiger partial charge in [0.25, 0.3) is 0 Å². The lowest BCUT2D eigenvalue weighted by atomic mass is 10.1. The minimum Gasteiger partial charge on any atom is -0.373 e. The van der Waals surface area contributed by atoms with E-state index >= 15 is 0 Å². The first-order chi connectivity index (χ1) is 11.8. The normalized spacial score (nSPS) is 12.0. The average Bonchev–Trinajstić information content (AvgIpc) is 2.62. The molecule has 3 aromatic rings. The zero-order valence-corrected chi connectivity index (χ0v) is 13.6.